The van der Waals surface area contributed by atoms with Crippen LogP contribution in [0.2, 0.25) is 0 Å². The van der Waals surface area contributed by atoms with E-state index < -0.39 is 0 Å². The maximum absolute atomic E-state index is 6.02. The monoisotopic (exact) mass is 285 g/mol. The van der Waals surface area contributed by atoms with Gasteiger partial charge in [0.25, 0.3) is 0 Å². The van der Waals surface area contributed by atoms with Crippen LogP contribution in [0, 0.1) is 12.8 Å². The number of hydrogen-bond donors (Lipinski definition) is 1. The van der Waals surface area contributed by atoms with E-state index in [1.807, 2.05) is 19.2 Å². The SMILES string of the molecule is CNCC(Oc1ccc(Br)cc1C)C(C)C. The number of benzene rings is 1. The van der Waals surface area contributed by atoms with Crippen LogP contribution < -0.4 is 10.1 Å². The summed E-state index contributed by atoms with van der Waals surface area (Å²) in [6.07, 6.45) is 0.213. The van der Waals surface area contributed by atoms with Crippen molar-refractivity contribution in [2.45, 2.75) is 26.9 Å². The Labute approximate surface area is 107 Å². The summed E-state index contributed by atoms with van der Waals surface area (Å²) < 4.78 is 7.11. The average Bonchev–Trinajstić information content (AvgIpc) is 2.20. The summed E-state index contributed by atoms with van der Waals surface area (Å²) in [5.41, 5.74) is 1.16. The molecule has 0 heterocycles. The Hall–Kier alpha value is -0.540. The highest BCUT2D eigenvalue weighted by atomic mass is 79.9. The molecule has 0 spiro atoms. The molecule has 0 aliphatic heterocycles. The van der Waals surface area contributed by atoms with Crippen molar-refractivity contribution in [2.24, 2.45) is 5.92 Å². The topological polar surface area (TPSA) is 21.3 Å². The summed E-state index contributed by atoms with van der Waals surface area (Å²) in [4.78, 5) is 0. The van der Waals surface area contributed by atoms with Crippen molar-refractivity contribution in [1.29, 1.82) is 0 Å². The van der Waals surface area contributed by atoms with Gasteiger partial charge in [-0.15, -0.1) is 0 Å². The molecule has 0 bridgehead atoms. The second-order valence-corrected chi connectivity index (χ2v) is 5.28. The Morgan fingerprint density at radius 2 is 2.06 bits per heavy atom. The van der Waals surface area contributed by atoms with Gasteiger partial charge in [-0.3, -0.25) is 0 Å². The minimum absolute atomic E-state index is 0.213. The van der Waals surface area contributed by atoms with E-state index >= 15 is 0 Å². The maximum Gasteiger partial charge on any atom is 0.122 e. The first-order chi connectivity index (χ1) is 7.54. The van der Waals surface area contributed by atoms with Gasteiger partial charge in [0, 0.05) is 11.0 Å². The van der Waals surface area contributed by atoms with Crippen molar-refractivity contribution in [3.63, 3.8) is 0 Å². The lowest BCUT2D eigenvalue weighted by atomic mass is 10.1. The van der Waals surface area contributed by atoms with Crippen molar-refractivity contribution >= 4 is 15.9 Å². The predicted octanol–water partition coefficient (Wildman–Crippen LogP) is 3.38. The Bertz CT molecular complexity index is 339. The lowest BCUT2D eigenvalue weighted by Crippen LogP contribution is -2.33. The molecular formula is C13H20BrNO. The molecule has 1 aromatic rings. The fourth-order valence-electron chi connectivity index (χ4n) is 1.52. The average molecular weight is 286 g/mol. The van der Waals surface area contributed by atoms with Crippen molar-refractivity contribution < 1.29 is 4.74 Å². The molecule has 1 atom stereocenters. The van der Waals surface area contributed by atoms with Crippen molar-refractivity contribution in [2.75, 3.05) is 13.6 Å². The number of likely N-dealkylation sites (N-methyl/N-ethyl adjacent to an activating group) is 1. The molecule has 0 aromatic heterocycles. The smallest absolute Gasteiger partial charge is 0.122 e. The molecule has 0 amide bonds. The van der Waals surface area contributed by atoms with Gasteiger partial charge in [0.2, 0.25) is 0 Å². The van der Waals surface area contributed by atoms with Crippen LogP contribution in [0.3, 0.4) is 0 Å². The number of rotatable bonds is 5. The first-order valence-corrected chi connectivity index (χ1v) is 6.41. The van der Waals surface area contributed by atoms with Crippen LogP contribution in [0.15, 0.2) is 22.7 Å². The van der Waals surface area contributed by atoms with Crippen molar-refractivity contribution in [1.82, 2.24) is 5.32 Å². The minimum Gasteiger partial charge on any atom is -0.489 e. The van der Waals surface area contributed by atoms with Crippen LogP contribution in [0.5, 0.6) is 5.75 Å². The third-order valence-corrected chi connectivity index (χ3v) is 3.06. The van der Waals surface area contributed by atoms with E-state index in [2.05, 4.69) is 48.1 Å². The van der Waals surface area contributed by atoms with Crippen LogP contribution in [0.4, 0.5) is 0 Å². The summed E-state index contributed by atoms with van der Waals surface area (Å²) >= 11 is 3.45. The second-order valence-electron chi connectivity index (χ2n) is 4.37. The molecule has 1 rings (SSSR count). The molecule has 90 valence electrons. The standard InChI is InChI=1S/C13H20BrNO/c1-9(2)13(8-15-4)16-12-6-5-11(14)7-10(12)3/h5-7,9,13,15H,8H2,1-4H3. The van der Waals surface area contributed by atoms with Gasteiger partial charge < -0.3 is 10.1 Å². The van der Waals surface area contributed by atoms with E-state index in [0.29, 0.717) is 5.92 Å². The summed E-state index contributed by atoms with van der Waals surface area (Å²) in [7, 11) is 1.95. The van der Waals surface area contributed by atoms with Crippen molar-refractivity contribution in [3.05, 3.63) is 28.2 Å². The van der Waals surface area contributed by atoms with Gasteiger partial charge in [-0.2, -0.15) is 0 Å². The minimum atomic E-state index is 0.213. The second kappa shape index (κ2) is 6.26. The largest absolute Gasteiger partial charge is 0.489 e. The Kier molecular flexibility index (Phi) is 5.29. The lowest BCUT2D eigenvalue weighted by molar-refractivity contribution is 0.150. The molecule has 0 fully saturated rings. The van der Waals surface area contributed by atoms with E-state index in [4.69, 9.17) is 4.74 Å². The van der Waals surface area contributed by atoms with Gasteiger partial charge in [0.05, 0.1) is 0 Å². The molecule has 1 unspecified atom stereocenters. The third kappa shape index (κ3) is 3.80. The van der Waals surface area contributed by atoms with E-state index in [1.165, 1.54) is 0 Å². The molecule has 0 aliphatic rings. The zero-order valence-electron chi connectivity index (χ0n) is 10.4. The Morgan fingerprint density at radius 3 is 2.56 bits per heavy atom. The maximum atomic E-state index is 6.02. The lowest BCUT2D eigenvalue weighted by Gasteiger charge is -2.23. The molecular weight excluding hydrogens is 266 g/mol. The molecule has 1 N–H and O–H groups in total. The fourth-order valence-corrected chi connectivity index (χ4v) is 2.00. The number of ether oxygens (including phenoxy) is 1. The fraction of sp³-hybridized carbons (Fsp3) is 0.538. The highest BCUT2D eigenvalue weighted by Gasteiger charge is 2.15. The molecule has 2 nitrogen and oxygen atoms in total. The molecule has 0 saturated heterocycles. The number of halogens is 1. The summed E-state index contributed by atoms with van der Waals surface area (Å²) in [5, 5.41) is 3.17. The number of hydrogen-bond acceptors (Lipinski definition) is 2. The van der Waals surface area contributed by atoms with E-state index in [0.717, 1.165) is 22.3 Å². The van der Waals surface area contributed by atoms with Gasteiger partial charge >= 0.3 is 0 Å². The summed E-state index contributed by atoms with van der Waals surface area (Å²) in [6.45, 7) is 7.29. The van der Waals surface area contributed by atoms with Gasteiger partial charge in [0.15, 0.2) is 0 Å². The summed E-state index contributed by atoms with van der Waals surface area (Å²) in [5.74, 6) is 1.47. The highest BCUT2D eigenvalue weighted by Crippen LogP contribution is 2.24. The van der Waals surface area contributed by atoms with Gasteiger partial charge in [0.1, 0.15) is 11.9 Å². The van der Waals surface area contributed by atoms with Crippen LogP contribution in [-0.2, 0) is 0 Å². The molecule has 0 aliphatic carbocycles. The molecule has 0 radical (unpaired) electrons. The predicted molar refractivity (Wildman–Crippen MR) is 72.1 cm³/mol. The zero-order chi connectivity index (χ0) is 12.1. The van der Waals surface area contributed by atoms with Gasteiger partial charge in [-0.25, -0.2) is 0 Å². The zero-order valence-corrected chi connectivity index (χ0v) is 12.0. The normalized spacial score (nSPS) is 12.9. The molecule has 1 aromatic carbocycles. The quantitative estimate of drug-likeness (QED) is 0.896. The van der Waals surface area contributed by atoms with Crippen LogP contribution >= 0.6 is 15.9 Å². The van der Waals surface area contributed by atoms with Crippen LogP contribution in [-0.4, -0.2) is 19.7 Å². The summed E-state index contributed by atoms with van der Waals surface area (Å²) in [6, 6.07) is 6.11. The van der Waals surface area contributed by atoms with E-state index in [1.54, 1.807) is 0 Å². The first-order valence-electron chi connectivity index (χ1n) is 5.62. The van der Waals surface area contributed by atoms with E-state index in [-0.39, 0.29) is 6.10 Å². The molecule has 16 heavy (non-hydrogen) atoms. The first kappa shape index (κ1) is 13.5. The van der Waals surface area contributed by atoms with Crippen LogP contribution in [0.25, 0.3) is 0 Å². The van der Waals surface area contributed by atoms with Crippen LogP contribution in [0.1, 0.15) is 19.4 Å². The van der Waals surface area contributed by atoms with Gasteiger partial charge in [-0.05, 0) is 43.7 Å². The Balaban J connectivity index is 2.77. The molecule has 3 heteroatoms. The van der Waals surface area contributed by atoms with E-state index in [9.17, 15) is 0 Å². The number of aryl methyl sites for hydroxylation is 1. The molecule has 0 saturated carbocycles. The third-order valence-electron chi connectivity index (χ3n) is 2.56. The Morgan fingerprint density at radius 1 is 1.38 bits per heavy atom. The van der Waals surface area contributed by atoms with Gasteiger partial charge in [-0.1, -0.05) is 29.8 Å². The highest BCUT2D eigenvalue weighted by molar-refractivity contribution is 9.10. The van der Waals surface area contributed by atoms with Crippen molar-refractivity contribution in [3.8, 4) is 5.75 Å². The number of nitrogens with one attached hydrogen (secondary N) is 1.